The number of alkyl carbamates (subject to hydrolysis) is 1. The first-order chi connectivity index (χ1) is 10.0. The Hall–Kier alpha value is -1.83. The molecule has 1 rings (SSSR count). The van der Waals surface area contributed by atoms with Crippen molar-refractivity contribution in [3.63, 3.8) is 0 Å². The Morgan fingerprint density at radius 2 is 2.19 bits per heavy atom. The molecule has 2 N–H and O–H groups in total. The zero-order valence-electron chi connectivity index (χ0n) is 11.7. The standard InChI is InChI=1S/C13H18BrN3O4/c1-2-3-8-21-13(18)16-7-6-15-11-5-4-10(14)9-12(11)17(19)20/h4-5,9,15H,2-3,6-8H2,1H3,(H,16,18). The third-order valence-corrected chi connectivity index (χ3v) is 3.09. The van der Waals surface area contributed by atoms with Crippen molar-refractivity contribution >= 4 is 33.4 Å². The van der Waals surface area contributed by atoms with E-state index in [-0.39, 0.29) is 5.69 Å². The molecule has 0 aliphatic heterocycles. The molecule has 1 amide bonds. The van der Waals surface area contributed by atoms with E-state index in [9.17, 15) is 14.9 Å². The molecule has 0 aliphatic carbocycles. The number of nitro benzene ring substituents is 1. The van der Waals surface area contributed by atoms with Gasteiger partial charge in [-0.1, -0.05) is 29.3 Å². The molecule has 0 spiro atoms. The van der Waals surface area contributed by atoms with E-state index >= 15 is 0 Å². The van der Waals surface area contributed by atoms with E-state index in [0.29, 0.717) is 29.9 Å². The van der Waals surface area contributed by atoms with Crippen LogP contribution in [0.25, 0.3) is 0 Å². The molecule has 1 aromatic rings. The number of hydrogen-bond donors (Lipinski definition) is 2. The van der Waals surface area contributed by atoms with E-state index in [1.54, 1.807) is 12.1 Å². The molecule has 0 aliphatic rings. The average molecular weight is 360 g/mol. The van der Waals surface area contributed by atoms with Gasteiger partial charge in [0.25, 0.3) is 5.69 Å². The number of unbranched alkanes of at least 4 members (excludes halogenated alkanes) is 1. The predicted octanol–water partition coefficient (Wildman–Crippen LogP) is 3.30. The van der Waals surface area contributed by atoms with Crippen LogP contribution < -0.4 is 10.6 Å². The number of halogens is 1. The van der Waals surface area contributed by atoms with Gasteiger partial charge in [0.2, 0.25) is 0 Å². The summed E-state index contributed by atoms with van der Waals surface area (Å²) in [6, 6.07) is 4.75. The Morgan fingerprint density at radius 1 is 1.43 bits per heavy atom. The van der Waals surface area contributed by atoms with E-state index < -0.39 is 11.0 Å². The molecule has 0 saturated carbocycles. The molecule has 0 unspecified atom stereocenters. The Labute approximate surface area is 131 Å². The number of rotatable bonds is 8. The number of hydrogen-bond acceptors (Lipinski definition) is 5. The average Bonchev–Trinajstić information content (AvgIpc) is 2.45. The fourth-order valence-corrected chi connectivity index (χ4v) is 1.88. The van der Waals surface area contributed by atoms with Gasteiger partial charge < -0.3 is 15.4 Å². The lowest BCUT2D eigenvalue weighted by Crippen LogP contribution is -2.29. The van der Waals surface area contributed by atoms with Crippen molar-refractivity contribution in [2.75, 3.05) is 25.0 Å². The lowest BCUT2D eigenvalue weighted by molar-refractivity contribution is -0.384. The second kappa shape index (κ2) is 9.17. The fraction of sp³-hybridized carbons (Fsp3) is 0.462. The number of anilines is 1. The molecule has 0 atom stereocenters. The topological polar surface area (TPSA) is 93.5 Å². The molecule has 0 saturated heterocycles. The molecule has 0 aromatic heterocycles. The molecule has 0 radical (unpaired) electrons. The number of nitrogens with one attached hydrogen (secondary N) is 2. The zero-order valence-corrected chi connectivity index (χ0v) is 13.3. The van der Waals surface area contributed by atoms with Gasteiger partial charge in [-0.25, -0.2) is 4.79 Å². The van der Waals surface area contributed by atoms with Crippen molar-refractivity contribution in [1.29, 1.82) is 0 Å². The first-order valence-electron chi connectivity index (χ1n) is 6.63. The van der Waals surface area contributed by atoms with E-state index in [4.69, 9.17) is 4.74 Å². The van der Waals surface area contributed by atoms with Gasteiger partial charge in [-0.05, 0) is 18.6 Å². The minimum atomic E-state index is -0.476. The lowest BCUT2D eigenvalue weighted by Gasteiger charge is -2.09. The Kier molecular flexibility index (Phi) is 7.52. The first-order valence-corrected chi connectivity index (χ1v) is 7.42. The quantitative estimate of drug-likeness (QED) is 0.422. The van der Waals surface area contributed by atoms with Crippen LogP contribution in [0.5, 0.6) is 0 Å². The maximum atomic E-state index is 11.3. The normalized spacial score (nSPS) is 10.0. The van der Waals surface area contributed by atoms with Crippen LogP contribution in [-0.4, -0.2) is 30.7 Å². The van der Waals surface area contributed by atoms with Crippen molar-refractivity contribution in [2.24, 2.45) is 0 Å². The molecule has 7 nitrogen and oxygen atoms in total. The molecule has 0 heterocycles. The molecule has 0 bridgehead atoms. The Bertz CT molecular complexity index is 496. The summed E-state index contributed by atoms with van der Waals surface area (Å²) in [6.45, 7) is 3.09. The third kappa shape index (κ3) is 6.44. The number of nitro groups is 1. The van der Waals surface area contributed by atoms with Crippen molar-refractivity contribution in [3.8, 4) is 0 Å². The number of carbonyl (C=O) groups is 1. The van der Waals surface area contributed by atoms with Crippen LogP contribution >= 0.6 is 15.9 Å². The number of amides is 1. The van der Waals surface area contributed by atoms with Crippen LogP contribution in [0.3, 0.4) is 0 Å². The van der Waals surface area contributed by atoms with Gasteiger partial charge in [-0.2, -0.15) is 0 Å². The number of ether oxygens (including phenoxy) is 1. The van der Waals surface area contributed by atoms with Gasteiger partial charge in [0, 0.05) is 23.6 Å². The van der Waals surface area contributed by atoms with Gasteiger partial charge in [-0.15, -0.1) is 0 Å². The largest absolute Gasteiger partial charge is 0.450 e. The van der Waals surface area contributed by atoms with Crippen LogP contribution in [0.15, 0.2) is 22.7 Å². The van der Waals surface area contributed by atoms with E-state index in [0.717, 1.165) is 12.8 Å². The monoisotopic (exact) mass is 359 g/mol. The second-order valence-corrected chi connectivity index (χ2v) is 5.18. The lowest BCUT2D eigenvalue weighted by atomic mass is 10.2. The highest BCUT2D eigenvalue weighted by atomic mass is 79.9. The SMILES string of the molecule is CCCCOC(=O)NCCNc1ccc(Br)cc1[N+](=O)[O-]. The third-order valence-electron chi connectivity index (χ3n) is 2.60. The fourth-order valence-electron chi connectivity index (χ4n) is 1.53. The number of benzene rings is 1. The summed E-state index contributed by atoms with van der Waals surface area (Å²) in [5.74, 6) is 0. The summed E-state index contributed by atoms with van der Waals surface area (Å²) in [6.07, 6.45) is 1.31. The van der Waals surface area contributed by atoms with Crippen LogP contribution in [0, 0.1) is 10.1 Å². The van der Waals surface area contributed by atoms with Crippen LogP contribution in [0.1, 0.15) is 19.8 Å². The van der Waals surface area contributed by atoms with Gasteiger partial charge >= 0.3 is 6.09 Å². The van der Waals surface area contributed by atoms with Gasteiger partial charge in [0.05, 0.1) is 11.5 Å². The summed E-state index contributed by atoms with van der Waals surface area (Å²) in [5.41, 5.74) is 0.388. The molecule has 21 heavy (non-hydrogen) atoms. The van der Waals surface area contributed by atoms with Crippen LogP contribution in [-0.2, 0) is 4.74 Å². The van der Waals surface area contributed by atoms with E-state index in [1.165, 1.54) is 6.07 Å². The maximum Gasteiger partial charge on any atom is 0.407 e. The maximum absolute atomic E-state index is 11.3. The summed E-state index contributed by atoms with van der Waals surface area (Å²) in [4.78, 5) is 21.7. The highest BCUT2D eigenvalue weighted by Crippen LogP contribution is 2.27. The van der Waals surface area contributed by atoms with Gasteiger partial charge in [0.1, 0.15) is 5.69 Å². The van der Waals surface area contributed by atoms with Gasteiger partial charge in [0.15, 0.2) is 0 Å². The highest BCUT2D eigenvalue weighted by molar-refractivity contribution is 9.10. The minimum Gasteiger partial charge on any atom is -0.450 e. The number of nitrogens with zero attached hydrogens (tertiary/aromatic N) is 1. The summed E-state index contributed by atoms with van der Waals surface area (Å²) >= 11 is 3.19. The summed E-state index contributed by atoms with van der Waals surface area (Å²) in [5, 5.41) is 16.4. The minimum absolute atomic E-state index is 0.0186. The summed E-state index contributed by atoms with van der Waals surface area (Å²) in [7, 11) is 0. The molecule has 1 aromatic carbocycles. The van der Waals surface area contributed by atoms with E-state index in [1.807, 2.05) is 6.92 Å². The second-order valence-electron chi connectivity index (χ2n) is 4.26. The molecule has 8 heteroatoms. The predicted molar refractivity (Wildman–Crippen MR) is 83.5 cm³/mol. The van der Waals surface area contributed by atoms with Crippen LogP contribution in [0.4, 0.5) is 16.2 Å². The van der Waals surface area contributed by atoms with Crippen LogP contribution in [0.2, 0.25) is 0 Å². The van der Waals surface area contributed by atoms with Gasteiger partial charge in [-0.3, -0.25) is 10.1 Å². The zero-order chi connectivity index (χ0) is 15.7. The molecular weight excluding hydrogens is 342 g/mol. The number of carbonyl (C=O) groups excluding carboxylic acids is 1. The molecule has 0 fully saturated rings. The highest BCUT2D eigenvalue weighted by Gasteiger charge is 2.13. The van der Waals surface area contributed by atoms with E-state index in [2.05, 4.69) is 26.6 Å². The molecule has 116 valence electrons. The molecular formula is C13H18BrN3O4. The van der Waals surface area contributed by atoms with Crippen molar-refractivity contribution in [1.82, 2.24) is 5.32 Å². The van der Waals surface area contributed by atoms with Crippen molar-refractivity contribution in [3.05, 3.63) is 32.8 Å². The Balaban J connectivity index is 2.36. The smallest absolute Gasteiger partial charge is 0.407 e. The Morgan fingerprint density at radius 3 is 2.86 bits per heavy atom. The van der Waals surface area contributed by atoms with Crippen molar-refractivity contribution in [2.45, 2.75) is 19.8 Å². The van der Waals surface area contributed by atoms with Crippen molar-refractivity contribution < 1.29 is 14.5 Å². The first kappa shape index (κ1) is 17.2. The summed E-state index contributed by atoms with van der Waals surface area (Å²) < 4.78 is 5.56.